The summed E-state index contributed by atoms with van der Waals surface area (Å²) >= 11 is 0. The molecule has 0 spiro atoms. The van der Waals surface area contributed by atoms with Gasteiger partial charge in [0.15, 0.2) is 0 Å². The Bertz CT molecular complexity index is 969. The predicted octanol–water partition coefficient (Wildman–Crippen LogP) is 3.13. The van der Waals surface area contributed by atoms with Gasteiger partial charge in [0.2, 0.25) is 0 Å². The number of nitrogens with zero attached hydrogens (tertiary/aromatic N) is 2. The van der Waals surface area contributed by atoms with Crippen LogP contribution in [0.3, 0.4) is 0 Å². The Morgan fingerprint density at radius 2 is 1.89 bits per heavy atom. The summed E-state index contributed by atoms with van der Waals surface area (Å²) in [7, 11) is 0. The molecule has 2 N–H and O–H groups in total. The van der Waals surface area contributed by atoms with Crippen molar-refractivity contribution in [2.75, 3.05) is 0 Å². The van der Waals surface area contributed by atoms with Crippen molar-refractivity contribution in [3.05, 3.63) is 71.3 Å². The molecule has 27 heavy (non-hydrogen) atoms. The monoisotopic (exact) mass is 369 g/mol. The van der Waals surface area contributed by atoms with E-state index in [0.717, 1.165) is 5.56 Å². The van der Waals surface area contributed by atoms with Gasteiger partial charge >= 0.3 is 5.97 Å². The van der Waals surface area contributed by atoms with E-state index in [1.54, 1.807) is 18.2 Å². The molecular weight excluding hydrogens is 353 g/mol. The maximum Gasteiger partial charge on any atom is 0.305 e. The lowest BCUT2D eigenvalue weighted by Crippen LogP contribution is -2.31. The fourth-order valence-corrected chi connectivity index (χ4v) is 2.51. The number of halogens is 1. The summed E-state index contributed by atoms with van der Waals surface area (Å²) in [4.78, 5) is 27.5. The standard InChI is InChI=1S/C19H16FN3O4/c1-11-6-8-12(9-7-11)15(10-16(24)25)21-18(26)17-22-19(27-23-17)13-4-2-3-5-14(13)20/h2-9,15H,10H2,1H3,(H,21,26)(H,24,25). The second-order valence-electron chi connectivity index (χ2n) is 5.94. The van der Waals surface area contributed by atoms with Crippen LogP contribution in [0.4, 0.5) is 4.39 Å². The average Bonchev–Trinajstić information content (AvgIpc) is 3.12. The Balaban J connectivity index is 1.81. The first-order valence-electron chi connectivity index (χ1n) is 8.12. The summed E-state index contributed by atoms with van der Waals surface area (Å²) in [5.41, 5.74) is 1.71. The van der Waals surface area contributed by atoms with Crippen molar-refractivity contribution < 1.29 is 23.6 Å². The Morgan fingerprint density at radius 3 is 2.56 bits per heavy atom. The number of carbonyl (C=O) groups is 2. The SMILES string of the molecule is Cc1ccc(C(CC(=O)O)NC(=O)c2noc(-c3ccccc3F)n2)cc1. The Hall–Kier alpha value is -3.55. The van der Waals surface area contributed by atoms with Gasteiger partial charge in [0.25, 0.3) is 17.6 Å². The third-order valence-electron chi connectivity index (χ3n) is 3.90. The van der Waals surface area contributed by atoms with Crippen molar-refractivity contribution in [2.24, 2.45) is 0 Å². The molecule has 1 atom stereocenters. The van der Waals surface area contributed by atoms with Crippen LogP contribution in [0.25, 0.3) is 11.5 Å². The van der Waals surface area contributed by atoms with Crippen molar-refractivity contribution in [2.45, 2.75) is 19.4 Å². The summed E-state index contributed by atoms with van der Waals surface area (Å²) in [6.45, 7) is 1.90. The highest BCUT2D eigenvalue weighted by Crippen LogP contribution is 2.21. The van der Waals surface area contributed by atoms with Crippen LogP contribution in [0.1, 0.15) is 34.2 Å². The molecule has 3 aromatic rings. The summed E-state index contributed by atoms with van der Waals surface area (Å²) in [5, 5.41) is 15.3. The summed E-state index contributed by atoms with van der Waals surface area (Å²) < 4.78 is 18.8. The quantitative estimate of drug-likeness (QED) is 0.692. The molecule has 3 rings (SSSR count). The summed E-state index contributed by atoms with van der Waals surface area (Å²) in [6.07, 6.45) is -0.313. The first-order valence-corrected chi connectivity index (χ1v) is 8.12. The molecule has 2 aromatic carbocycles. The topological polar surface area (TPSA) is 105 Å². The van der Waals surface area contributed by atoms with Gasteiger partial charge in [0, 0.05) is 0 Å². The van der Waals surface area contributed by atoms with Crippen LogP contribution in [0, 0.1) is 12.7 Å². The van der Waals surface area contributed by atoms with E-state index >= 15 is 0 Å². The van der Waals surface area contributed by atoms with Crippen LogP contribution < -0.4 is 5.32 Å². The van der Waals surface area contributed by atoms with Crippen molar-refractivity contribution in [1.29, 1.82) is 0 Å². The average molecular weight is 369 g/mol. The van der Waals surface area contributed by atoms with E-state index in [9.17, 15) is 14.0 Å². The normalized spacial score (nSPS) is 11.8. The van der Waals surface area contributed by atoms with Crippen LogP contribution in [-0.2, 0) is 4.79 Å². The molecule has 0 aliphatic carbocycles. The fraction of sp³-hybridized carbons (Fsp3) is 0.158. The minimum Gasteiger partial charge on any atom is -0.481 e. The van der Waals surface area contributed by atoms with Gasteiger partial charge in [-0.25, -0.2) is 4.39 Å². The van der Waals surface area contributed by atoms with Gasteiger partial charge in [-0.15, -0.1) is 0 Å². The zero-order valence-electron chi connectivity index (χ0n) is 14.3. The number of aliphatic carboxylic acids is 1. The number of amides is 1. The summed E-state index contributed by atoms with van der Waals surface area (Å²) in [5.74, 6) is -2.79. The number of nitrogens with one attached hydrogen (secondary N) is 1. The maximum atomic E-state index is 13.8. The van der Waals surface area contributed by atoms with E-state index in [0.29, 0.717) is 5.56 Å². The van der Waals surface area contributed by atoms with E-state index < -0.39 is 23.7 Å². The number of hydrogen-bond donors (Lipinski definition) is 2. The first kappa shape index (κ1) is 18.2. The molecule has 0 aliphatic heterocycles. The molecule has 7 nitrogen and oxygen atoms in total. The molecule has 0 fully saturated rings. The Kier molecular flexibility index (Phi) is 5.25. The molecule has 0 aliphatic rings. The van der Waals surface area contributed by atoms with Crippen LogP contribution in [0.2, 0.25) is 0 Å². The first-order chi connectivity index (χ1) is 12.9. The van der Waals surface area contributed by atoms with Crippen molar-refractivity contribution >= 4 is 11.9 Å². The highest BCUT2D eigenvalue weighted by atomic mass is 19.1. The predicted molar refractivity (Wildman–Crippen MR) is 93.3 cm³/mol. The van der Waals surface area contributed by atoms with E-state index in [4.69, 9.17) is 9.63 Å². The van der Waals surface area contributed by atoms with Gasteiger partial charge in [-0.05, 0) is 24.6 Å². The van der Waals surface area contributed by atoms with Crippen LogP contribution in [0.15, 0.2) is 53.1 Å². The lowest BCUT2D eigenvalue weighted by molar-refractivity contribution is -0.137. The van der Waals surface area contributed by atoms with Gasteiger partial charge in [-0.2, -0.15) is 4.98 Å². The van der Waals surface area contributed by atoms with Crippen molar-refractivity contribution in [3.8, 4) is 11.5 Å². The summed E-state index contributed by atoms with van der Waals surface area (Å²) in [6, 6.07) is 12.1. The number of aryl methyl sites for hydroxylation is 1. The zero-order chi connectivity index (χ0) is 19.4. The number of aromatic nitrogens is 2. The Labute approximate surface area is 153 Å². The van der Waals surface area contributed by atoms with Gasteiger partial charge in [-0.1, -0.05) is 47.1 Å². The molecule has 1 aromatic heterocycles. The molecule has 0 radical (unpaired) electrons. The highest BCUT2D eigenvalue weighted by molar-refractivity contribution is 5.91. The highest BCUT2D eigenvalue weighted by Gasteiger charge is 2.23. The smallest absolute Gasteiger partial charge is 0.305 e. The number of carboxylic acids is 1. The van der Waals surface area contributed by atoms with Gasteiger partial charge in [-0.3, -0.25) is 9.59 Å². The van der Waals surface area contributed by atoms with Gasteiger partial charge in [0.1, 0.15) is 5.82 Å². The minimum atomic E-state index is -1.07. The van der Waals surface area contributed by atoms with E-state index in [1.165, 1.54) is 18.2 Å². The lowest BCUT2D eigenvalue weighted by atomic mass is 10.0. The molecule has 1 amide bonds. The van der Waals surface area contributed by atoms with Crippen LogP contribution in [0.5, 0.6) is 0 Å². The third-order valence-corrected chi connectivity index (χ3v) is 3.90. The molecule has 8 heteroatoms. The van der Waals surface area contributed by atoms with Crippen molar-refractivity contribution in [1.82, 2.24) is 15.5 Å². The van der Waals surface area contributed by atoms with Crippen LogP contribution in [-0.4, -0.2) is 27.1 Å². The second-order valence-corrected chi connectivity index (χ2v) is 5.94. The molecule has 1 heterocycles. The minimum absolute atomic E-state index is 0.0738. The molecule has 0 saturated carbocycles. The molecule has 138 valence electrons. The number of rotatable bonds is 6. The molecular formula is C19H16FN3O4. The maximum absolute atomic E-state index is 13.8. The van der Waals surface area contributed by atoms with E-state index in [2.05, 4.69) is 15.5 Å². The number of benzene rings is 2. The van der Waals surface area contributed by atoms with Gasteiger partial charge in [0.05, 0.1) is 18.0 Å². The number of carboxylic acid groups (broad SMARTS) is 1. The molecule has 1 unspecified atom stereocenters. The Morgan fingerprint density at radius 1 is 1.19 bits per heavy atom. The largest absolute Gasteiger partial charge is 0.481 e. The third kappa shape index (κ3) is 4.35. The number of carbonyl (C=O) groups excluding carboxylic acids is 1. The molecule has 0 saturated heterocycles. The zero-order valence-corrected chi connectivity index (χ0v) is 14.3. The van der Waals surface area contributed by atoms with E-state index in [1.807, 2.05) is 19.1 Å². The van der Waals surface area contributed by atoms with Gasteiger partial charge < -0.3 is 14.9 Å². The lowest BCUT2D eigenvalue weighted by Gasteiger charge is -2.16. The number of hydrogen-bond acceptors (Lipinski definition) is 5. The molecule has 0 bridgehead atoms. The van der Waals surface area contributed by atoms with Crippen LogP contribution >= 0.6 is 0 Å². The van der Waals surface area contributed by atoms with Crippen molar-refractivity contribution in [3.63, 3.8) is 0 Å². The fourth-order valence-electron chi connectivity index (χ4n) is 2.51. The second kappa shape index (κ2) is 7.77. The van der Waals surface area contributed by atoms with E-state index in [-0.39, 0.29) is 23.7 Å².